The summed E-state index contributed by atoms with van der Waals surface area (Å²) in [6.45, 7) is 5.94. The lowest BCUT2D eigenvalue weighted by atomic mass is 10.1. The number of nitrogens with one attached hydrogen (secondary N) is 1. The Balaban J connectivity index is 1.39. The van der Waals surface area contributed by atoms with Crippen LogP contribution in [0.1, 0.15) is 47.0 Å². The average Bonchev–Trinajstić information content (AvgIpc) is 3.46. The summed E-state index contributed by atoms with van der Waals surface area (Å²) in [5.74, 6) is -0.472. The zero-order valence-corrected chi connectivity index (χ0v) is 22.2. The molecule has 2 aromatic carbocycles. The van der Waals surface area contributed by atoms with Crippen molar-refractivity contribution < 1.29 is 28.3 Å². The Morgan fingerprint density at radius 3 is 2.50 bits per heavy atom. The molecule has 1 saturated heterocycles. The van der Waals surface area contributed by atoms with Gasteiger partial charge < -0.3 is 14.5 Å². The number of carbonyl (C=O) groups is 4. The molecule has 3 aromatic rings. The van der Waals surface area contributed by atoms with E-state index in [2.05, 4.69) is 5.32 Å². The molecule has 1 aliphatic heterocycles. The molecule has 9 heteroatoms. The molecular formula is C29H28N2O6S. The Morgan fingerprint density at radius 2 is 1.79 bits per heavy atom. The predicted octanol–water partition coefficient (Wildman–Crippen LogP) is 6.20. The van der Waals surface area contributed by atoms with Crippen molar-refractivity contribution in [2.45, 2.75) is 33.6 Å². The normalized spacial score (nSPS) is 14.3. The van der Waals surface area contributed by atoms with E-state index in [1.807, 2.05) is 32.9 Å². The average molecular weight is 533 g/mol. The zero-order chi connectivity index (χ0) is 27.2. The highest BCUT2D eigenvalue weighted by Crippen LogP contribution is 2.33. The van der Waals surface area contributed by atoms with Crippen LogP contribution in [0.25, 0.3) is 17.4 Å². The Morgan fingerprint density at radius 1 is 1.03 bits per heavy atom. The third-order valence-corrected chi connectivity index (χ3v) is 6.91. The number of esters is 1. The van der Waals surface area contributed by atoms with E-state index in [0.29, 0.717) is 29.4 Å². The molecule has 1 aromatic heterocycles. The molecule has 0 atom stereocenters. The molecule has 8 nitrogen and oxygen atoms in total. The van der Waals surface area contributed by atoms with Crippen LogP contribution in [0.4, 0.5) is 10.5 Å². The van der Waals surface area contributed by atoms with Gasteiger partial charge in [-0.2, -0.15) is 0 Å². The molecular weight excluding hydrogens is 504 g/mol. The summed E-state index contributed by atoms with van der Waals surface area (Å²) in [7, 11) is 0. The van der Waals surface area contributed by atoms with Crippen LogP contribution in [0.15, 0.2) is 63.9 Å². The number of hydrogen-bond acceptors (Lipinski definition) is 7. The first-order valence-corrected chi connectivity index (χ1v) is 13.1. The van der Waals surface area contributed by atoms with E-state index in [-0.39, 0.29) is 17.4 Å². The zero-order valence-electron chi connectivity index (χ0n) is 21.4. The third-order valence-electron chi connectivity index (χ3n) is 6.00. The molecule has 38 heavy (non-hydrogen) atoms. The van der Waals surface area contributed by atoms with Gasteiger partial charge in [-0.15, -0.1) is 0 Å². The summed E-state index contributed by atoms with van der Waals surface area (Å²) in [6.07, 6.45) is 3.25. The van der Waals surface area contributed by atoms with E-state index in [0.717, 1.165) is 46.2 Å². The maximum Gasteiger partial charge on any atom is 0.338 e. The van der Waals surface area contributed by atoms with Crippen molar-refractivity contribution in [3.05, 3.63) is 82.0 Å². The minimum atomic E-state index is -0.556. The Bertz CT molecular complexity index is 1410. The first kappa shape index (κ1) is 26.9. The lowest BCUT2D eigenvalue weighted by molar-refractivity contribution is -0.127. The number of hydrogen-bond donors (Lipinski definition) is 1. The molecule has 2 heterocycles. The van der Waals surface area contributed by atoms with Crippen molar-refractivity contribution >= 4 is 46.5 Å². The molecule has 1 N–H and O–H groups in total. The lowest BCUT2D eigenvalue weighted by Gasteiger charge is -2.13. The standard InChI is InChI=1S/C29H28N2O6S/c1-4-5-14-36-28(34)21-9-7-20(8-10-21)24-13-12-23(37-24)16-25-27(33)31(29(35)38-25)17-26(32)30-22-11-6-18(2)19(3)15-22/h6-13,15-16H,4-5,14,17H2,1-3H3,(H,30,32)/b25-16+. The van der Waals surface area contributed by atoms with Crippen molar-refractivity contribution in [2.75, 3.05) is 18.5 Å². The molecule has 0 radical (unpaired) electrons. The molecule has 0 bridgehead atoms. The third kappa shape index (κ3) is 6.41. The monoisotopic (exact) mass is 532 g/mol. The fraction of sp³-hybridized carbons (Fsp3) is 0.241. The maximum atomic E-state index is 12.8. The van der Waals surface area contributed by atoms with Crippen molar-refractivity contribution in [3.8, 4) is 11.3 Å². The van der Waals surface area contributed by atoms with Crippen LogP contribution >= 0.6 is 11.8 Å². The van der Waals surface area contributed by atoms with E-state index in [1.54, 1.807) is 42.5 Å². The van der Waals surface area contributed by atoms with Gasteiger partial charge in [0.2, 0.25) is 5.91 Å². The molecule has 196 valence electrons. The van der Waals surface area contributed by atoms with E-state index in [9.17, 15) is 19.2 Å². The van der Waals surface area contributed by atoms with E-state index >= 15 is 0 Å². The summed E-state index contributed by atoms with van der Waals surface area (Å²) in [4.78, 5) is 50.9. The Labute approximate surface area is 225 Å². The van der Waals surface area contributed by atoms with Gasteiger partial charge >= 0.3 is 5.97 Å². The highest BCUT2D eigenvalue weighted by atomic mass is 32.2. The number of benzene rings is 2. The second-order valence-corrected chi connectivity index (χ2v) is 9.88. The SMILES string of the molecule is CCCCOC(=O)c1ccc(-c2ccc(/C=C3/SC(=O)N(CC(=O)Nc4ccc(C)c(C)c4)C3=O)o2)cc1. The molecule has 1 fully saturated rings. The lowest BCUT2D eigenvalue weighted by Crippen LogP contribution is -2.36. The molecule has 0 saturated carbocycles. The molecule has 3 amide bonds. The van der Waals surface area contributed by atoms with Gasteiger partial charge in [0.05, 0.1) is 17.1 Å². The van der Waals surface area contributed by atoms with Crippen LogP contribution in [-0.2, 0) is 14.3 Å². The van der Waals surface area contributed by atoms with Gasteiger partial charge in [-0.05, 0) is 79.6 Å². The smallest absolute Gasteiger partial charge is 0.338 e. The molecule has 0 aliphatic carbocycles. The number of thioether (sulfide) groups is 1. The number of aryl methyl sites for hydroxylation is 2. The van der Waals surface area contributed by atoms with Gasteiger partial charge in [0, 0.05) is 17.3 Å². The van der Waals surface area contributed by atoms with Gasteiger partial charge in [-0.3, -0.25) is 19.3 Å². The minimum absolute atomic E-state index is 0.167. The van der Waals surface area contributed by atoms with Crippen molar-refractivity contribution in [1.82, 2.24) is 4.90 Å². The highest BCUT2D eigenvalue weighted by molar-refractivity contribution is 8.18. The van der Waals surface area contributed by atoms with Gasteiger partial charge in [-0.25, -0.2) is 4.79 Å². The summed E-state index contributed by atoms with van der Waals surface area (Å²) in [5.41, 5.74) is 3.91. The number of furan rings is 1. The molecule has 1 aliphatic rings. The first-order chi connectivity index (χ1) is 18.2. The number of carbonyl (C=O) groups excluding carboxylic acids is 4. The maximum absolute atomic E-state index is 12.8. The topological polar surface area (TPSA) is 106 Å². The summed E-state index contributed by atoms with van der Waals surface area (Å²) in [6, 6.07) is 15.8. The van der Waals surface area contributed by atoms with Gasteiger partial charge in [0.1, 0.15) is 18.1 Å². The van der Waals surface area contributed by atoms with Crippen LogP contribution < -0.4 is 5.32 Å². The van der Waals surface area contributed by atoms with Crippen LogP contribution in [0.5, 0.6) is 0 Å². The fourth-order valence-corrected chi connectivity index (χ4v) is 4.50. The second-order valence-electron chi connectivity index (χ2n) is 8.88. The number of nitrogens with zero attached hydrogens (tertiary/aromatic N) is 1. The Kier molecular flexibility index (Phi) is 8.48. The molecule has 0 spiro atoms. The fourth-order valence-electron chi connectivity index (χ4n) is 3.68. The van der Waals surface area contributed by atoms with Gasteiger partial charge in [0.25, 0.3) is 11.1 Å². The number of unbranched alkanes of at least 4 members (excludes halogenated alkanes) is 1. The van der Waals surface area contributed by atoms with Crippen molar-refractivity contribution in [1.29, 1.82) is 0 Å². The number of rotatable bonds is 9. The number of anilines is 1. The quantitative estimate of drug-likeness (QED) is 0.199. The highest BCUT2D eigenvalue weighted by Gasteiger charge is 2.36. The summed E-state index contributed by atoms with van der Waals surface area (Å²) in [5, 5.41) is 2.20. The summed E-state index contributed by atoms with van der Waals surface area (Å²) >= 11 is 0.755. The largest absolute Gasteiger partial charge is 0.462 e. The van der Waals surface area contributed by atoms with Crippen LogP contribution in [0, 0.1) is 13.8 Å². The minimum Gasteiger partial charge on any atom is -0.462 e. The van der Waals surface area contributed by atoms with Crippen LogP contribution in [0.3, 0.4) is 0 Å². The van der Waals surface area contributed by atoms with E-state index < -0.39 is 17.1 Å². The number of ether oxygens (including phenoxy) is 1. The number of amides is 3. The van der Waals surface area contributed by atoms with Crippen molar-refractivity contribution in [3.63, 3.8) is 0 Å². The van der Waals surface area contributed by atoms with Crippen LogP contribution in [-0.4, -0.2) is 41.1 Å². The number of imide groups is 1. The summed E-state index contributed by atoms with van der Waals surface area (Å²) < 4.78 is 11.1. The molecule has 0 unspecified atom stereocenters. The van der Waals surface area contributed by atoms with E-state index in [4.69, 9.17) is 9.15 Å². The van der Waals surface area contributed by atoms with Gasteiger partial charge in [0.15, 0.2) is 0 Å². The van der Waals surface area contributed by atoms with Crippen molar-refractivity contribution in [2.24, 2.45) is 0 Å². The van der Waals surface area contributed by atoms with E-state index in [1.165, 1.54) is 6.08 Å². The van der Waals surface area contributed by atoms with Gasteiger partial charge in [-0.1, -0.05) is 31.5 Å². The van der Waals surface area contributed by atoms with Crippen LogP contribution in [0.2, 0.25) is 0 Å². The Hall–Kier alpha value is -4.11. The first-order valence-electron chi connectivity index (χ1n) is 12.2. The predicted molar refractivity (Wildman–Crippen MR) is 147 cm³/mol. The molecule has 4 rings (SSSR count). The second kappa shape index (κ2) is 12.0.